The molecule has 0 radical (unpaired) electrons. The highest BCUT2D eigenvalue weighted by molar-refractivity contribution is 7.14. The van der Waals surface area contributed by atoms with E-state index in [-0.39, 0.29) is 11.9 Å². The molecular formula is C25H25N3OS2. The van der Waals surface area contributed by atoms with Gasteiger partial charge in [-0.05, 0) is 35.1 Å². The van der Waals surface area contributed by atoms with Crippen LogP contribution in [-0.2, 0) is 17.8 Å². The van der Waals surface area contributed by atoms with Crippen molar-refractivity contribution in [3.8, 4) is 0 Å². The van der Waals surface area contributed by atoms with Crippen molar-refractivity contribution < 1.29 is 4.79 Å². The third-order valence-electron chi connectivity index (χ3n) is 5.11. The van der Waals surface area contributed by atoms with Crippen LogP contribution in [0.4, 0.5) is 10.8 Å². The van der Waals surface area contributed by atoms with Gasteiger partial charge in [0.1, 0.15) is 0 Å². The quantitative estimate of drug-likeness (QED) is 0.343. The van der Waals surface area contributed by atoms with Crippen LogP contribution < -0.4 is 10.2 Å². The number of rotatable bonds is 8. The minimum Gasteiger partial charge on any atom is -0.300 e. The summed E-state index contributed by atoms with van der Waals surface area (Å²) >= 11 is 3.24. The van der Waals surface area contributed by atoms with Gasteiger partial charge in [-0.2, -0.15) is 0 Å². The molecule has 1 N–H and O–H groups in total. The molecule has 158 valence electrons. The van der Waals surface area contributed by atoms with Crippen LogP contribution in [0, 0.1) is 0 Å². The van der Waals surface area contributed by atoms with Crippen LogP contribution in [0.2, 0.25) is 0 Å². The standard InChI is InChI=1S/C25H25N3OS2/c1-3-19-10-7-8-13-22(19)28(18(2)29)25-27-21(17-31-25)16-26-24(23-14-9-15-30-23)20-11-5-4-6-12-20/h4-15,17,24,26H,3,16H2,1-2H3/t24-/m1/s1. The maximum atomic E-state index is 12.5. The van der Waals surface area contributed by atoms with Gasteiger partial charge in [-0.1, -0.05) is 61.5 Å². The Labute approximate surface area is 191 Å². The van der Waals surface area contributed by atoms with Crippen LogP contribution in [-0.4, -0.2) is 10.9 Å². The number of thiazole rings is 1. The van der Waals surface area contributed by atoms with E-state index in [1.807, 2.05) is 29.6 Å². The molecule has 0 fully saturated rings. The number of nitrogens with zero attached hydrogens (tertiary/aromatic N) is 2. The number of aryl methyl sites for hydroxylation is 1. The van der Waals surface area contributed by atoms with Crippen molar-refractivity contribution >= 4 is 39.4 Å². The lowest BCUT2D eigenvalue weighted by molar-refractivity contribution is -0.115. The Morgan fingerprint density at radius 1 is 1.03 bits per heavy atom. The number of aromatic nitrogens is 1. The van der Waals surface area contributed by atoms with Gasteiger partial charge in [0.05, 0.1) is 17.4 Å². The summed E-state index contributed by atoms with van der Waals surface area (Å²) in [6, 6.07) is 22.8. The number of benzene rings is 2. The second kappa shape index (κ2) is 10.0. The summed E-state index contributed by atoms with van der Waals surface area (Å²) in [6.07, 6.45) is 0.860. The summed E-state index contributed by atoms with van der Waals surface area (Å²) in [6.45, 7) is 4.31. The first-order valence-electron chi connectivity index (χ1n) is 10.3. The molecule has 6 heteroatoms. The molecule has 1 atom stereocenters. The molecule has 4 nitrogen and oxygen atoms in total. The summed E-state index contributed by atoms with van der Waals surface area (Å²) in [5.41, 5.74) is 4.20. The normalized spacial score (nSPS) is 11.9. The van der Waals surface area contributed by atoms with Crippen molar-refractivity contribution in [3.63, 3.8) is 0 Å². The Hall–Kier alpha value is -2.80. The second-order valence-electron chi connectivity index (χ2n) is 7.20. The average molecular weight is 448 g/mol. The van der Waals surface area contributed by atoms with Crippen molar-refractivity contribution in [1.82, 2.24) is 10.3 Å². The van der Waals surface area contributed by atoms with E-state index < -0.39 is 0 Å². The zero-order valence-corrected chi connectivity index (χ0v) is 19.2. The number of carbonyl (C=O) groups excluding carboxylic acids is 1. The number of para-hydroxylation sites is 1. The molecule has 0 saturated carbocycles. The number of nitrogens with one attached hydrogen (secondary N) is 1. The molecule has 4 aromatic rings. The van der Waals surface area contributed by atoms with Gasteiger partial charge in [-0.25, -0.2) is 4.98 Å². The Morgan fingerprint density at radius 2 is 1.81 bits per heavy atom. The second-order valence-corrected chi connectivity index (χ2v) is 9.01. The van der Waals surface area contributed by atoms with Gasteiger partial charge in [0.2, 0.25) is 5.91 Å². The molecule has 0 aliphatic carbocycles. The maximum absolute atomic E-state index is 12.5. The average Bonchev–Trinajstić information content (AvgIpc) is 3.48. The lowest BCUT2D eigenvalue weighted by Crippen LogP contribution is -2.24. The van der Waals surface area contributed by atoms with E-state index in [4.69, 9.17) is 4.98 Å². The summed E-state index contributed by atoms with van der Waals surface area (Å²) in [5, 5.41) is 8.49. The predicted octanol–water partition coefficient (Wildman–Crippen LogP) is 6.33. The molecule has 4 rings (SSSR count). The lowest BCUT2D eigenvalue weighted by atomic mass is 10.1. The fourth-order valence-electron chi connectivity index (χ4n) is 3.61. The molecule has 31 heavy (non-hydrogen) atoms. The van der Waals surface area contributed by atoms with Gasteiger partial charge in [0, 0.05) is 23.7 Å². The van der Waals surface area contributed by atoms with E-state index in [1.54, 1.807) is 23.2 Å². The molecule has 2 heterocycles. The summed E-state index contributed by atoms with van der Waals surface area (Å²) in [7, 11) is 0. The van der Waals surface area contributed by atoms with Crippen LogP contribution in [0.5, 0.6) is 0 Å². The molecule has 2 aromatic heterocycles. The number of thiophene rings is 1. The highest BCUT2D eigenvalue weighted by Crippen LogP contribution is 2.32. The number of hydrogen-bond acceptors (Lipinski definition) is 5. The maximum Gasteiger partial charge on any atom is 0.230 e. The van der Waals surface area contributed by atoms with E-state index in [2.05, 4.69) is 60.1 Å². The zero-order valence-electron chi connectivity index (χ0n) is 17.6. The Morgan fingerprint density at radius 3 is 2.52 bits per heavy atom. The summed E-state index contributed by atoms with van der Waals surface area (Å²) < 4.78 is 0. The fraction of sp³-hybridized carbons (Fsp3) is 0.200. The van der Waals surface area contributed by atoms with Gasteiger partial charge in [0.15, 0.2) is 5.13 Å². The van der Waals surface area contributed by atoms with Crippen molar-refractivity contribution in [2.45, 2.75) is 32.9 Å². The monoisotopic (exact) mass is 447 g/mol. The Bertz CT molecular complexity index is 1120. The van der Waals surface area contributed by atoms with Gasteiger partial charge in [0.25, 0.3) is 0 Å². The van der Waals surface area contributed by atoms with Crippen molar-refractivity contribution in [3.05, 3.63) is 99.2 Å². The summed E-state index contributed by atoms with van der Waals surface area (Å²) in [4.78, 5) is 20.3. The number of hydrogen-bond donors (Lipinski definition) is 1. The Kier molecular flexibility index (Phi) is 6.92. The van der Waals surface area contributed by atoms with Gasteiger partial charge in [-0.3, -0.25) is 15.0 Å². The van der Waals surface area contributed by atoms with Crippen molar-refractivity contribution in [2.24, 2.45) is 0 Å². The molecule has 0 saturated heterocycles. The topological polar surface area (TPSA) is 45.2 Å². The highest BCUT2D eigenvalue weighted by atomic mass is 32.1. The third-order valence-corrected chi connectivity index (χ3v) is 6.92. The molecule has 1 amide bonds. The lowest BCUT2D eigenvalue weighted by Gasteiger charge is -2.21. The number of amides is 1. The first-order chi connectivity index (χ1) is 15.2. The molecule has 0 bridgehead atoms. The number of carbonyl (C=O) groups is 1. The van der Waals surface area contributed by atoms with Crippen LogP contribution in [0.15, 0.2) is 77.5 Å². The SMILES string of the molecule is CCc1ccccc1N(C(C)=O)c1nc(CN[C@H](c2ccccc2)c2cccs2)cs1. The first kappa shape index (κ1) is 21.4. The predicted molar refractivity (Wildman–Crippen MR) is 130 cm³/mol. The van der Waals surface area contributed by atoms with Gasteiger partial charge in [-0.15, -0.1) is 22.7 Å². The van der Waals surface area contributed by atoms with Crippen LogP contribution in [0.3, 0.4) is 0 Å². The largest absolute Gasteiger partial charge is 0.300 e. The van der Waals surface area contributed by atoms with Crippen LogP contribution in [0.1, 0.15) is 41.6 Å². The smallest absolute Gasteiger partial charge is 0.230 e. The molecule has 2 aromatic carbocycles. The van der Waals surface area contributed by atoms with Crippen molar-refractivity contribution in [1.29, 1.82) is 0 Å². The molecule has 0 aliphatic heterocycles. The molecule has 0 spiro atoms. The minimum absolute atomic E-state index is 0.0319. The fourth-order valence-corrected chi connectivity index (χ4v) is 5.31. The van der Waals surface area contributed by atoms with Gasteiger partial charge < -0.3 is 0 Å². The van der Waals surface area contributed by atoms with E-state index in [0.717, 1.165) is 23.4 Å². The van der Waals surface area contributed by atoms with E-state index in [9.17, 15) is 4.79 Å². The van der Waals surface area contributed by atoms with E-state index in [0.29, 0.717) is 11.7 Å². The first-order valence-corrected chi connectivity index (χ1v) is 12.1. The van der Waals surface area contributed by atoms with Crippen molar-refractivity contribution in [2.75, 3.05) is 4.90 Å². The zero-order chi connectivity index (χ0) is 21.6. The van der Waals surface area contributed by atoms with Crippen LogP contribution >= 0.6 is 22.7 Å². The third kappa shape index (κ3) is 4.93. The Balaban J connectivity index is 1.56. The van der Waals surface area contributed by atoms with Crippen LogP contribution in [0.25, 0.3) is 0 Å². The highest BCUT2D eigenvalue weighted by Gasteiger charge is 2.21. The summed E-state index contributed by atoms with van der Waals surface area (Å²) in [5.74, 6) is -0.0319. The number of anilines is 2. The molecule has 0 aliphatic rings. The molecule has 0 unspecified atom stereocenters. The van der Waals surface area contributed by atoms with E-state index >= 15 is 0 Å². The van der Waals surface area contributed by atoms with E-state index in [1.165, 1.54) is 21.8 Å². The minimum atomic E-state index is -0.0319. The van der Waals surface area contributed by atoms with Gasteiger partial charge >= 0.3 is 0 Å². The molecular weight excluding hydrogens is 422 g/mol.